The minimum Gasteiger partial charge on any atom is -0.324 e. The lowest BCUT2D eigenvalue weighted by molar-refractivity contribution is -0.141. The van der Waals surface area contributed by atoms with Gasteiger partial charge in [-0.15, -0.1) is 0 Å². The fourth-order valence-electron chi connectivity index (χ4n) is 2.75. The number of alkyl halides is 3. The predicted molar refractivity (Wildman–Crippen MR) is 95.4 cm³/mol. The molecule has 0 aliphatic heterocycles. The van der Waals surface area contributed by atoms with Crippen molar-refractivity contribution in [2.45, 2.75) is 63.4 Å². The number of amides is 1. The molecule has 1 aliphatic rings. The Morgan fingerprint density at radius 1 is 1.11 bits per heavy atom. The summed E-state index contributed by atoms with van der Waals surface area (Å²) in [6, 6.07) is 1.76. The fraction of sp³-hybridized carbons (Fsp3) is 0.647. The smallest absolute Gasteiger partial charge is 0.324 e. The van der Waals surface area contributed by atoms with E-state index < -0.39 is 26.6 Å². The second-order valence-corrected chi connectivity index (χ2v) is 10.2. The van der Waals surface area contributed by atoms with Gasteiger partial charge in [0.1, 0.15) is 5.69 Å². The second kappa shape index (κ2) is 7.75. The molecule has 2 N–H and O–H groups in total. The number of sulfonamides is 1. The van der Waals surface area contributed by atoms with Gasteiger partial charge in [0.05, 0.1) is 16.6 Å². The van der Waals surface area contributed by atoms with E-state index >= 15 is 0 Å². The second-order valence-electron chi connectivity index (χ2n) is 7.70. The molecular weight excluding hydrogens is 383 g/mol. The van der Waals surface area contributed by atoms with Crippen LogP contribution in [0.3, 0.4) is 0 Å². The maximum atomic E-state index is 12.5. The van der Waals surface area contributed by atoms with E-state index in [1.54, 1.807) is 20.8 Å². The standard InChI is InChI=1S/C17H24F3N3O3S/c1-16(2,3)27(25,26)23-12-6-4-11(5-7-12)15(24)22-13-8-9-14(21-10-13)17(18,19)20/h8-12,23H,4-7H2,1-3H3,(H,22,24). The van der Waals surface area contributed by atoms with Crippen molar-refractivity contribution in [2.24, 2.45) is 5.92 Å². The molecule has 1 saturated carbocycles. The molecule has 6 nitrogen and oxygen atoms in total. The lowest BCUT2D eigenvalue weighted by atomic mass is 9.86. The molecule has 0 spiro atoms. The predicted octanol–water partition coefficient (Wildman–Crippen LogP) is 3.32. The average Bonchev–Trinajstić information content (AvgIpc) is 2.53. The van der Waals surface area contributed by atoms with Crippen molar-refractivity contribution in [1.82, 2.24) is 9.71 Å². The highest BCUT2D eigenvalue weighted by molar-refractivity contribution is 7.90. The lowest BCUT2D eigenvalue weighted by Crippen LogP contribution is -2.46. The summed E-state index contributed by atoms with van der Waals surface area (Å²) < 4.78 is 63.7. The Balaban J connectivity index is 1.88. The molecule has 10 heteroatoms. The lowest BCUT2D eigenvalue weighted by Gasteiger charge is -2.30. The fourth-order valence-corrected chi connectivity index (χ4v) is 3.78. The zero-order valence-electron chi connectivity index (χ0n) is 15.4. The highest BCUT2D eigenvalue weighted by atomic mass is 32.2. The van der Waals surface area contributed by atoms with Crippen LogP contribution in [0.2, 0.25) is 0 Å². The van der Waals surface area contributed by atoms with E-state index in [-0.39, 0.29) is 23.6 Å². The normalized spacial score (nSPS) is 21.7. The molecule has 152 valence electrons. The van der Waals surface area contributed by atoms with Crippen molar-refractivity contribution >= 4 is 21.6 Å². The summed E-state index contributed by atoms with van der Waals surface area (Å²) >= 11 is 0. The maximum Gasteiger partial charge on any atom is 0.433 e. The summed E-state index contributed by atoms with van der Waals surface area (Å²) in [5, 5.41) is 2.57. The number of rotatable bonds is 4. The van der Waals surface area contributed by atoms with E-state index in [2.05, 4.69) is 15.0 Å². The summed E-state index contributed by atoms with van der Waals surface area (Å²) in [5.41, 5.74) is -0.823. The minimum atomic E-state index is -4.53. The van der Waals surface area contributed by atoms with Gasteiger partial charge in [0.25, 0.3) is 0 Å². The van der Waals surface area contributed by atoms with E-state index in [1.807, 2.05) is 0 Å². The number of carbonyl (C=O) groups is 1. The van der Waals surface area contributed by atoms with Crippen molar-refractivity contribution in [1.29, 1.82) is 0 Å². The van der Waals surface area contributed by atoms with Gasteiger partial charge in [-0.05, 0) is 58.6 Å². The van der Waals surface area contributed by atoms with Crippen LogP contribution in [0.15, 0.2) is 18.3 Å². The molecule has 0 atom stereocenters. The average molecular weight is 407 g/mol. The van der Waals surface area contributed by atoms with Crippen LogP contribution in [0.1, 0.15) is 52.1 Å². The molecule has 1 fully saturated rings. The van der Waals surface area contributed by atoms with Gasteiger partial charge in [0.15, 0.2) is 0 Å². The van der Waals surface area contributed by atoms with E-state index in [0.29, 0.717) is 25.7 Å². The Kier molecular flexibility index (Phi) is 6.20. The number of hydrogen-bond donors (Lipinski definition) is 2. The summed E-state index contributed by atoms with van der Waals surface area (Å²) in [6.45, 7) is 4.85. The number of carbonyl (C=O) groups excluding carboxylic acids is 1. The molecule has 1 aromatic rings. The molecule has 1 aromatic heterocycles. The number of nitrogens with zero attached hydrogens (tertiary/aromatic N) is 1. The van der Waals surface area contributed by atoms with Crippen molar-refractivity contribution in [2.75, 3.05) is 5.32 Å². The molecular formula is C17H24F3N3O3S. The summed E-state index contributed by atoms with van der Waals surface area (Å²) in [6.07, 6.45) is -1.50. The Bertz CT molecular complexity index is 763. The van der Waals surface area contributed by atoms with Gasteiger partial charge in [0.2, 0.25) is 15.9 Å². The first-order chi connectivity index (χ1) is 12.3. The van der Waals surface area contributed by atoms with Crippen molar-refractivity contribution < 1.29 is 26.4 Å². The van der Waals surface area contributed by atoms with Crippen molar-refractivity contribution in [3.8, 4) is 0 Å². The van der Waals surface area contributed by atoms with Crippen LogP contribution >= 0.6 is 0 Å². The molecule has 27 heavy (non-hydrogen) atoms. The number of pyridine rings is 1. The number of halogens is 3. The van der Waals surface area contributed by atoms with Gasteiger partial charge in [0, 0.05) is 12.0 Å². The molecule has 0 saturated heterocycles. The monoisotopic (exact) mass is 407 g/mol. The van der Waals surface area contributed by atoms with Crippen LogP contribution in [-0.4, -0.2) is 30.1 Å². The quantitative estimate of drug-likeness (QED) is 0.802. The van der Waals surface area contributed by atoms with Gasteiger partial charge in [-0.2, -0.15) is 13.2 Å². The van der Waals surface area contributed by atoms with E-state index in [4.69, 9.17) is 0 Å². The first kappa shape index (κ1) is 21.6. The molecule has 1 aliphatic carbocycles. The van der Waals surface area contributed by atoms with Gasteiger partial charge in [-0.25, -0.2) is 18.1 Å². The molecule has 0 radical (unpaired) electrons. The van der Waals surface area contributed by atoms with Crippen LogP contribution < -0.4 is 10.0 Å². The Hall–Kier alpha value is -1.68. The molecule has 2 rings (SSSR count). The number of anilines is 1. The first-order valence-corrected chi connectivity index (χ1v) is 10.1. The van der Waals surface area contributed by atoms with Crippen molar-refractivity contribution in [3.63, 3.8) is 0 Å². The number of hydrogen-bond acceptors (Lipinski definition) is 4. The first-order valence-electron chi connectivity index (χ1n) is 8.65. The van der Waals surface area contributed by atoms with Gasteiger partial charge in [-0.1, -0.05) is 0 Å². The summed E-state index contributed by atoms with van der Waals surface area (Å²) in [4.78, 5) is 15.6. The van der Waals surface area contributed by atoms with Crippen LogP contribution in [-0.2, 0) is 21.0 Å². The van der Waals surface area contributed by atoms with Crippen LogP contribution in [0.5, 0.6) is 0 Å². The zero-order valence-corrected chi connectivity index (χ0v) is 16.2. The summed E-state index contributed by atoms with van der Waals surface area (Å²) in [7, 11) is -3.45. The molecule has 0 unspecified atom stereocenters. The third-order valence-electron chi connectivity index (χ3n) is 4.55. The minimum absolute atomic E-state index is 0.198. The van der Waals surface area contributed by atoms with Crippen LogP contribution in [0, 0.1) is 5.92 Å². The van der Waals surface area contributed by atoms with Crippen molar-refractivity contribution in [3.05, 3.63) is 24.0 Å². The molecule has 1 heterocycles. The number of aromatic nitrogens is 1. The topological polar surface area (TPSA) is 88.2 Å². The third-order valence-corrected chi connectivity index (χ3v) is 6.80. The van der Waals surface area contributed by atoms with Gasteiger partial charge < -0.3 is 5.32 Å². The molecule has 0 aromatic carbocycles. The number of nitrogens with one attached hydrogen (secondary N) is 2. The third kappa shape index (κ3) is 5.65. The van der Waals surface area contributed by atoms with Crippen LogP contribution in [0.4, 0.5) is 18.9 Å². The Labute approximate surface area is 157 Å². The highest BCUT2D eigenvalue weighted by Gasteiger charge is 2.34. The Morgan fingerprint density at radius 3 is 2.15 bits per heavy atom. The largest absolute Gasteiger partial charge is 0.433 e. The Morgan fingerprint density at radius 2 is 1.70 bits per heavy atom. The van der Waals surface area contributed by atoms with E-state index in [1.165, 1.54) is 0 Å². The highest BCUT2D eigenvalue weighted by Crippen LogP contribution is 2.29. The van der Waals surface area contributed by atoms with E-state index in [0.717, 1.165) is 18.3 Å². The van der Waals surface area contributed by atoms with Gasteiger partial charge in [-0.3, -0.25) is 4.79 Å². The zero-order chi connectivity index (χ0) is 20.5. The SMILES string of the molecule is CC(C)(C)S(=O)(=O)NC1CCC(C(=O)Nc2ccc(C(F)(F)F)nc2)CC1. The van der Waals surface area contributed by atoms with Crippen LogP contribution in [0.25, 0.3) is 0 Å². The maximum absolute atomic E-state index is 12.5. The van der Waals surface area contributed by atoms with E-state index in [9.17, 15) is 26.4 Å². The van der Waals surface area contributed by atoms with Gasteiger partial charge >= 0.3 is 6.18 Å². The molecule has 1 amide bonds. The molecule has 0 bridgehead atoms. The summed E-state index contributed by atoms with van der Waals surface area (Å²) in [5.74, 6) is -0.614.